The topological polar surface area (TPSA) is 41.6 Å². The summed E-state index contributed by atoms with van der Waals surface area (Å²) in [6.07, 6.45) is 2.55. The van der Waals surface area contributed by atoms with E-state index in [2.05, 4.69) is 47.5 Å². The Morgan fingerprint density at radius 3 is 2.64 bits per heavy atom. The molecule has 2 atom stereocenters. The van der Waals surface area contributed by atoms with Crippen molar-refractivity contribution in [2.45, 2.75) is 38.3 Å². The Balaban J connectivity index is 1.70. The average Bonchev–Trinajstić information content (AvgIpc) is 3.07. The van der Waals surface area contributed by atoms with Crippen molar-refractivity contribution in [3.63, 3.8) is 0 Å². The highest BCUT2D eigenvalue weighted by Gasteiger charge is 2.35. The number of nitrogens with zero attached hydrogens (tertiary/aromatic N) is 1. The van der Waals surface area contributed by atoms with Gasteiger partial charge in [-0.3, -0.25) is 4.79 Å². The number of hydrogen-bond donors (Lipinski definition) is 1. The summed E-state index contributed by atoms with van der Waals surface area (Å²) >= 11 is 0. The van der Waals surface area contributed by atoms with Gasteiger partial charge in [0.25, 0.3) is 0 Å². The summed E-state index contributed by atoms with van der Waals surface area (Å²) in [7, 11) is 1.68. The maximum atomic E-state index is 12.4. The summed E-state index contributed by atoms with van der Waals surface area (Å²) in [4.78, 5) is 14.5. The number of likely N-dealkylation sites (tertiary alicyclic amines) is 1. The van der Waals surface area contributed by atoms with E-state index < -0.39 is 0 Å². The summed E-state index contributed by atoms with van der Waals surface area (Å²) in [5, 5.41) is 3.67. The zero-order valence-corrected chi connectivity index (χ0v) is 14.8. The lowest BCUT2D eigenvalue weighted by Gasteiger charge is -2.38. The van der Waals surface area contributed by atoms with Crippen LogP contribution in [-0.2, 0) is 4.79 Å². The minimum atomic E-state index is 0.151. The molecule has 0 aliphatic carbocycles. The molecule has 130 valence electrons. The fourth-order valence-corrected chi connectivity index (χ4v) is 4.04. The van der Waals surface area contributed by atoms with Crippen molar-refractivity contribution in [2.24, 2.45) is 0 Å². The first-order valence-electron chi connectivity index (χ1n) is 8.96. The van der Waals surface area contributed by atoms with Crippen LogP contribution in [0, 0.1) is 6.92 Å². The highest BCUT2D eigenvalue weighted by molar-refractivity contribution is 5.79. The van der Waals surface area contributed by atoms with Crippen LogP contribution in [0.1, 0.15) is 48.0 Å². The summed E-state index contributed by atoms with van der Waals surface area (Å²) in [5.41, 5.74) is 4.85. The van der Waals surface area contributed by atoms with Crippen molar-refractivity contribution < 1.29 is 9.53 Å². The van der Waals surface area contributed by atoms with E-state index in [1.54, 1.807) is 7.11 Å². The molecule has 0 saturated carbocycles. The summed E-state index contributed by atoms with van der Waals surface area (Å²) in [6, 6.07) is 15.1. The lowest BCUT2D eigenvalue weighted by molar-refractivity contribution is -0.130. The normalized spacial score (nSPS) is 22.5. The number of fused-ring (bicyclic) bond motifs is 1. The Morgan fingerprint density at radius 1 is 1.16 bits per heavy atom. The molecule has 1 fully saturated rings. The highest BCUT2D eigenvalue weighted by atomic mass is 16.5. The summed E-state index contributed by atoms with van der Waals surface area (Å²) < 4.78 is 5.27. The number of rotatable bonds is 3. The molecule has 0 aromatic heterocycles. The van der Waals surface area contributed by atoms with Crippen LogP contribution >= 0.6 is 0 Å². The zero-order valence-electron chi connectivity index (χ0n) is 14.8. The number of carbonyl (C=O) groups excluding carboxylic acids is 1. The molecule has 2 aliphatic heterocycles. The van der Waals surface area contributed by atoms with Gasteiger partial charge in [0.1, 0.15) is 5.75 Å². The molecule has 2 aromatic rings. The van der Waals surface area contributed by atoms with Crippen LogP contribution in [0.3, 0.4) is 0 Å². The quantitative estimate of drug-likeness (QED) is 0.912. The Kier molecular flexibility index (Phi) is 4.12. The number of nitrogens with one attached hydrogen (secondary N) is 1. The van der Waals surface area contributed by atoms with Crippen LogP contribution in [0.15, 0.2) is 42.5 Å². The van der Waals surface area contributed by atoms with Crippen molar-refractivity contribution in [2.75, 3.05) is 19.0 Å². The minimum absolute atomic E-state index is 0.151. The molecule has 0 spiro atoms. The van der Waals surface area contributed by atoms with Crippen LogP contribution < -0.4 is 10.1 Å². The molecule has 1 amide bonds. The predicted molar refractivity (Wildman–Crippen MR) is 98.8 cm³/mol. The van der Waals surface area contributed by atoms with Gasteiger partial charge in [-0.25, -0.2) is 0 Å². The molecule has 2 aromatic carbocycles. The van der Waals surface area contributed by atoms with Crippen molar-refractivity contribution in [1.29, 1.82) is 0 Å². The fourth-order valence-electron chi connectivity index (χ4n) is 4.04. The van der Waals surface area contributed by atoms with Gasteiger partial charge in [-0.2, -0.15) is 0 Å². The zero-order chi connectivity index (χ0) is 17.4. The smallest absolute Gasteiger partial charge is 0.223 e. The third-order valence-electron chi connectivity index (χ3n) is 5.36. The number of carbonyl (C=O) groups is 1. The summed E-state index contributed by atoms with van der Waals surface area (Å²) in [6.45, 7) is 2.98. The minimum Gasteiger partial charge on any atom is -0.497 e. The lowest BCUT2D eigenvalue weighted by Crippen LogP contribution is -2.35. The van der Waals surface area contributed by atoms with E-state index in [-0.39, 0.29) is 18.0 Å². The summed E-state index contributed by atoms with van der Waals surface area (Å²) in [5.74, 6) is 1.15. The largest absolute Gasteiger partial charge is 0.497 e. The standard InChI is InChI=1S/C21H24N2O2/c1-14-5-10-18-17(12-14)20(23-11-3-4-21(23)24)13-19(22-18)15-6-8-16(25-2)9-7-15/h5-10,12,19-20,22H,3-4,11,13H2,1-2H3. The van der Waals surface area contributed by atoms with Gasteiger partial charge in [-0.15, -0.1) is 0 Å². The molecule has 2 unspecified atom stereocenters. The molecule has 0 radical (unpaired) electrons. The van der Waals surface area contributed by atoms with Crippen molar-refractivity contribution in [1.82, 2.24) is 4.90 Å². The molecule has 2 heterocycles. The second kappa shape index (κ2) is 6.43. The van der Waals surface area contributed by atoms with Gasteiger partial charge in [-0.05, 0) is 49.1 Å². The number of methoxy groups -OCH3 is 1. The molecule has 0 bridgehead atoms. The third kappa shape index (κ3) is 2.97. The van der Waals surface area contributed by atoms with Crippen molar-refractivity contribution >= 4 is 11.6 Å². The molecule has 4 nitrogen and oxygen atoms in total. The van der Waals surface area contributed by atoms with Crippen LogP contribution in [0.25, 0.3) is 0 Å². The molecule has 4 rings (SSSR count). The van der Waals surface area contributed by atoms with Gasteiger partial charge in [0, 0.05) is 18.7 Å². The number of hydrogen-bond acceptors (Lipinski definition) is 3. The fraction of sp³-hybridized carbons (Fsp3) is 0.381. The highest BCUT2D eigenvalue weighted by Crippen LogP contribution is 2.43. The second-order valence-electron chi connectivity index (χ2n) is 7.00. The van der Waals surface area contributed by atoms with Gasteiger partial charge in [0.05, 0.1) is 19.2 Å². The number of ether oxygens (including phenoxy) is 1. The Hall–Kier alpha value is -2.49. The van der Waals surface area contributed by atoms with Gasteiger partial charge in [0.15, 0.2) is 0 Å². The number of amides is 1. The van der Waals surface area contributed by atoms with E-state index in [9.17, 15) is 4.79 Å². The monoisotopic (exact) mass is 336 g/mol. The van der Waals surface area contributed by atoms with E-state index in [1.165, 1.54) is 16.7 Å². The first kappa shape index (κ1) is 16.0. The predicted octanol–water partition coefficient (Wildman–Crippen LogP) is 4.22. The lowest BCUT2D eigenvalue weighted by atomic mass is 9.87. The van der Waals surface area contributed by atoms with Crippen molar-refractivity contribution in [3.8, 4) is 5.75 Å². The molecule has 1 saturated heterocycles. The van der Waals surface area contributed by atoms with E-state index in [1.807, 2.05) is 12.1 Å². The van der Waals surface area contributed by atoms with Gasteiger partial charge in [-0.1, -0.05) is 29.8 Å². The Morgan fingerprint density at radius 2 is 1.96 bits per heavy atom. The Bertz CT molecular complexity index is 785. The first-order chi connectivity index (χ1) is 12.2. The SMILES string of the molecule is COc1ccc(C2CC(N3CCCC3=O)c3cc(C)ccc3N2)cc1. The van der Waals surface area contributed by atoms with Crippen LogP contribution in [0.2, 0.25) is 0 Å². The molecular weight excluding hydrogens is 312 g/mol. The van der Waals surface area contributed by atoms with E-state index in [0.717, 1.165) is 30.8 Å². The molecule has 25 heavy (non-hydrogen) atoms. The van der Waals surface area contributed by atoms with Crippen molar-refractivity contribution in [3.05, 3.63) is 59.2 Å². The van der Waals surface area contributed by atoms with Gasteiger partial charge in [0.2, 0.25) is 5.91 Å². The van der Waals surface area contributed by atoms with E-state index in [0.29, 0.717) is 6.42 Å². The second-order valence-corrected chi connectivity index (χ2v) is 7.00. The number of aryl methyl sites for hydroxylation is 1. The van der Waals surface area contributed by atoms with Gasteiger partial charge >= 0.3 is 0 Å². The van der Waals surface area contributed by atoms with Crippen LogP contribution in [0.5, 0.6) is 5.75 Å². The molecule has 1 N–H and O–H groups in total. The van der Waals surface area contributed by atoms with Crippen LogP contribution in [0.4, 0.5) is 5.69 Å². The van der Waals surface area contributed by atoms with Crippen LogP contribution in [-0.4, -0.2) is 24.5 Å². The Labute approximate surface area is 148 Å². The maximum absolute atomic E-state index is 12.4. The number of benzene rings is 2. The van der Waals surface area contributed by atoms with E-state index in [4.69, 9.17) is 4.74 Å². The molecule has 4 heteroatoms. The molecular formula is C21H24N2O2. The van der Waals surface area contributed by atoms with Gasteiger partial charge < -0.3 is 15.0 Å². The third-order valence-corrected chi connectivity index (χ3v) is 5.36. The molecule has 2 aliphatic rings. The average molecular weight is 336 g/mol. The number of anilines is 1. The maximum Gasteiger partial charge on any atom is 0.223 e. The van der Waals surface area contributed by atoms with E-state index >= 15 is 0 Å². The first-order valence-corrected chi connectivity index (χ1v) is 8.96.